The van der Waals surface area contributed by atoms with Crippen LogP contribution in [0.5, 0.6) is 5.75 Å². The maximum atomic E-state index is 11.9. The van der Waals surface area contributed by atoms with Gasteiger partial charge in [0.05, 0.1) is 0 Å². The molecule has 0 atom stereocenters. The lowest BCUT2D eigenvalue weighted by Gasteiger charge is -2.06. The highest BCUT2D eigenvalue weighted by atomic mass is 35.5. The third kappa shape index (κ3) is 5.75. The predicted octanol–water partition coefficient (Wildman–Crippen LogP) is 3.37. The molecular weight excluding hydrogens is 314 g/mol. The summed E-state index contributed by atoms with van der Waals surface area (Å²) in [7, 11) is 0. The average molecular weight is 332 g/mol. The fourth-order valence-corrected chi connectivity index (χ4v) is 2.23. The van der Waals surface area contributed by atoms with Crippen molar-refractivity contribution in [3.8, 4) is 5.75 Å². The highest BCUT2D eigenvalue weighted by molar-refractivity contribution is 6.30. The van der Waals surface area contributed by atoms with Gasteiger partial charge >= 0.3 is 0 Å². The van der Waals surface area contributed by atoms with Crippen LogP contribution < -0.4 is 5.32 Å². The number of ketones is 1. The van der Waals surface area contributed by atoms with Crippen molar-refractivity contribution >= 4 is 23.3 Å². The largest absolute Gasteiger partial charge is 0.508 e. The van der Waals surface area contributed by atoms with Gasteiger partial charge in [-0.3, -0.25) is 9.59 Å². The van der Waals surface area contributed by atoms with Crippen molar-refractivity contribution in [1.29, 1.82) is 0 Å². The summed E-state index contributed by atoms with van der Waals surface area (Å²) in [6.07, 6.45) is 1.01. The summed E-state index contributed by atoms with van der Waals surface area (Å²) in [4.78, 5) is 23.7. The first kappa shape index (κ1) is 17.0. The van der Waals surface area contributed by atoms with Gasteiger partial charge in [-0.05, 0) is 48.4 Å². The minimum atomic E-state index is -0.147. The normalized spacial score (nSPS) is 10.3. The van der Waals surface area contributed by atoms with Crippen molar-refractivity contribution < 1.29 is 14.7 Å². The molecule has 0 heterocycles. The van der Waals surface area contributed by atoms with Gasteiger partial charge in [0.2, 0.25) is 5.91 Å². The van der Waals surface area contributed by atoms with E-state index >= 15 is 0 Å². The van der Waals surface area contributed by atoms with Gasteiger partial charge in [0.1, 0.15) is 5.75 Å². The van der Waals surface area contributed by atoms with E-state index in [4.69, 9.17) is 11.6 Å². The molecule has 1 amide bonds. The minimum Gasteiger partial charge on any atom is -0.508 e. The zero-order chi connectivity index (χ0) is 16.7. The van der Waals surface area contributed by atoms with Crippen LogP contribution in [0.15, 0.2) is 48.5 Å². The van der Waals surface area contributed by atoms with Crippen molar-refractivity contribution in [3.63, 3.8) is 0 Å². The lowest BCUT2D eigenvalue weighted by molar-refractivity contribution is -0.121. The molecule has 0 saturated heterocycles. The number of aromatic hydroxyl groups is 1. The van der Waals surface area contributed by atoms with Crippen LogP contribution in [0, 0.1) is 0 Å². The third-order valence-corrected chi connectivity index (χ3v) is 3.67. The Kier molecular flexibility index (Phi) is 6.18. The molecule has 0 saturated carbocycles. The lowest BCUT2D eigenvalue weighted by Crippen LogP contribution is -2.26. The number of nitrogens with one attached hydrogen (secondary N) is 1. The highest BCUT2D eigenvalue weighted by Gasteiger charge is 2.09. The van der Waals surface area contributed by atoms with Crippen LogP contribution in [-0.2, 0) is 11.2 Å². The molecule has 0 aliphatic rings. The number of Topliss-reactive ketones (excluding diaryl/α,β-unsaturated/α-hetero) is 1. The van der Waals surface area contributed by atoms with E-state index in [1.807, 2.05) is 12.1 Å². The second-order valence-corrected chi connectivity index (χ2v) is 5.63. The van der Waals surface area contributed by atoms with E-state index in [2.05, 4.69) is 5.32 Å². The summed E-state index contributed by atoms with van der Waals surface area (Å²) in [5, 5.41) is 12.6. The molecule has 0 aliphatic carbocycles. The van der Waals surface area contributed by atoms with Gasteiger partial charge in [-0.2, -0.15) is 0 Å². The summed E-state index contributed by atoms with van der Waals surface area (Å²) in [5.41, 5.74) is 1.59. The van der Waals surface area contributed by atoms with Gasteiger partial charge in [-0.1, -0.05) is 23.7 Å². The first-order valence-electron chi connectivity index (χ1n) is 7.38. The molecule has 0 fully saturated rings. The zero-order valence-corrected chi connectivity index (χ0v) is 13.3. The lowest BCUT2D eigenvalue weighted by atomic mass is 10.1. The first-order chi connectivity index (χ1) is 11.0. The molecule has 4 nitrogen and oxygen atoms in total. The van der Waals surface area contributed by atoms with Crippen LogP contribution in [0.1, 0.15) is 28.8 Å². The molecule has 23 heavy (non-hydrogen) atoms. The summed E-state index contributed by atoms with van der Waals surface area (Å²) in [5.74, 6) is -0.0000550. The van der Waals surface area contributed by atoms with Gasteiger partial charge in [0, 0.05) is 30.0 Å². The van der Waals surface area contributed by atoms with E-state index in [1.54, 1.807) is 36.4 Å². The molecule has 2 aromatic rings. The average Bonchev–Trinajstić information content (AvgIpc) is 2.55. The van der Waals surface area contributed by atoms with Gasteiger partial charge in [-0.25, -0.2) is 0 Å². The van der Waals surface area contributed by atoms with Crippen LogP contribution in [0.3, 0.4) is 0 Å². The predicted molar refractivity (Wildman–Crippen MR) is 89.8 cm³/mol. The first-order valence-corrected chi connectivity index (χ1v) is 7.76. The molecule has 120 valence electrons. The molecule has 2 N–H and O–H groups in total. The number of carbonyl (C=O) groups excluding carboxylic acids is 2. The Labute approximate surface area is 140 Å². The maximum absolute atomic E-state index is 11.9. The SMILES string of the molecule is O=C(CCC(=O)c1ccc(Cl)cc1)NCCc1ccc(O)cc1. The molecule has 0 bridgehead atoms. The van der Waals surface area contributed by atoms with Crippen molar-refractivity contribution in [2.75, 3.05) is 6.54 Å². The van der Waals surface area contributed by atoms with Crippen molar-refractivity contribution in [3.05, 3.63) is 64.7 Å². The Bertz CT molecular complexity index is 666. The van der Waals surface area contributed by atoms with Crippen molar-refractivity contribution in [1.82, 2.24) is 5.32 Å². The smallest absolute Gasteiger partial charge is 0.220 e. The van der Waals surface area contributed by atoms with Crippen LogP contribution >= 0.6 is 11.6 Å². The quantitative estimate of drug-likeness (QED) is 0.764. The molecule has 0 spiro atoms. The van der Waals surface area contributed by atoms with Crippen LogP contribution in [0.25, 0.3) is 0 Å². The monoisotopic (exact) mass is 331 g/mol. The molecule has 5 heteroatoms. The molecular formula is C18H18ClNO3. The summed E-state index contributed by atoms with van der Waals surface area (Å²) in [6, 6.07) is 13.5. The Balaban J connectivity index is 1.69. The summed E-state index contributed by atoms with van der Waals surface area (Å²) < 4.78 is 0. The minimum absolute atomic E-state index is 0.0737. The second-order valence-electron chi connectivity index (χ2n) is 5.20. The van der Waals surface area contributed by atoms with Crippen molar-refractivity contribution in [2.45, 2.75) is 19.3 Å². The highest BCUT2D eigenvalue weighted by Crippen LogP contribution is 2.12. The van der Waals surface area contributed by atoms with Gasteiger partial charge < -0.3 is 10.4 Å². The zero-order valence-electron chi connectivity index (χ0n) is 12.6. The molecule has 0 radical (unpaired) electrons. The number of benzene rings is 2. The molecule has 0 aliphatic heterocycles. The standard InChI is InChI=1S/C18H18ClNO3/c19-15-5-3-14(4-6-15)17(22)9-10-18(23)20-12-11-13-1-7-16(21)8-2-13/h1-8,21H,9-12H2,(H,20,23). The number of carbonyl (C=O) groups is 2. The third-order valence-electron chi connectivity index (χ3n) is 3.42. The van der Waals surface area contributed by atoms with E-state index in [0.717, 1.165) is 5.56 Å². The Hall–Kier alpha value is -2.33. The molecule has 2 aromatic carbocycles. The van der Waals surface area contributed by atoms with Crippen LogP contribution in [0.2, 0.25) is 5.02 Å². The Morgan fingerprint density at radius 2 is 1.61 bits per heavy atom. The van der Waals surface area contributed by atoms with Crippen molar-refractivity contribution in [2.24, 2.45) is 0 Å². The fourth-order valence-electron chi connectivity index (χ4n) is 2.10. The number of halogens is 1. The van der Waals surface area contributed by atoms with Crippen LogP contribution in [-0.4, -0.2) is 23.3 Å². The topological polar surface area (TPSA) is 66.4 Å². The number of hydrogen-bond donors (Lipinski definition) is 2. The van der Waals surface area contributed by atoms with E-state index in [-0.39, 0.29) is 30.3 Å². The van der Waals surface area contributed by atoms with E-state index in [0.29, 0.717) is 23.6 Å². The number of amides is 1. The second kappa shape index (κ2) is 8.34. The number of phenolic OH excluding ortho intramolecular Hbond substituents is 1. The maximum Gasteiger partial charge on any atom is 0.220 e. The Morgan fingerprint density at radius 1 is 0.957 bits per heavy atom. The summed E-state index contributed by atoms with van der Waals surface area (Å²) >= 11 is 5.77. The fraction of sp³-hybridized carbons (Fsp3) is 0.222. The van der Waals surface area contributed by atoms with Crippen LogP contribution in [0.4, 0.5) is 0 Å². The number of phenols is 1. The van der Waals surface area contributed by atoms with Gasteiger partial charge in [0.15, 0.2) is 5.78 Å². The molecule has 2 rings (SSSR count). The number of hydrogen-bond acceptors (Lipinski definition) is 3. The molecule has 0 unspecified atom stereocenters. The number of rotatable bonds is 7. The van der Waals surface area contributed by atoms with E-state index < -0.39 is 0 Å². The van der Waals surface area contributed by atoms with E-state index in [9.17, 15) is 14.7 Å². The Morgan fingerprint density at radius 3 is 2.26 bits per heavy atom. The van der Waals surface area contributed by atoms with E-state index in [1.165, 1.54) is 0 Å². The van der Waals surface area contributed by atoms with Gasteiger partial charge in [0.25, 0.3) is 0 Å². The van der Waals surface area contributed by atoms with Gasteiger partial charge in [-0.15, -0.1) is 0 Å². The molecule has 0 aromatic heterocycles. The summed E-state index contributed by atoms with van der Waals surface area (Å²) in [6.45, 7) is 0.499.